The fourth-order valence-electron chi connectivity index (χ4n) is 1.13. The molecular formula is C15H21BrF2NP. The van der Waals surface area contributed by atoms with Crippen molar-refractivity contribution in [2.75, 3.05) is 0 Å². The number of nitrogens with zero attached hydrogens (tertiary/aromatic N) is 1. The van der Waals surface area contributed by atoms with Crippen molar-refractivity contribution >= 4 is 31.4 Å². The summed E-state index contributed by atoms with van der Waals surface area (Å²) in [5, 5.41) is 0. The Morgan fingerprint density at radius 1 is 1.35 bits per heavy atom. The minimum absolute atomic E-state index is 0.0353. The van der Waals surface area contributed by atoms with E-state index >= 15 is 0 Å². The van der Waals surface area contributed by atoms with Crippen molar-refractivity contribution in [3.8, 4) is 0 Å². The maximum Gasteiger partial charge on any atom is 0.283 e. The lowest BCUT2D eigenvalue weighted by Crippen LogP contribution is -2.01. The highest BCUT2D eigenvalue weighted by atomic mass is 79.9. The molecule has 1 rings (SSSR count). The second-order valence-corrected chi connectivity index (χ2v) is 5.74. The number of aliphatic imine (C=N–C) groups is 1. The van der Waals surface area contributed by atoms with Crippen LogP contribution in [0.4, 0.5) is 8.78 Å². The van der Waals surface area contributed by atoms with Gasteiger partial charge in [-0.3, -0.25) is 4.99 Å². The molecule has 112 valence electrons. The number of unbranched alkanes of at least 4 members (excludes halogenated alkanes) is 1. The van der Waals surface area contributed by atoms with Crippen LogP contribution in [0.25, 0.3) is 0 Å². The van der Waals surface area contributed by atoms with Gasteiger partial charge in [0.1, 0.15) is 4.61 Å². The van der Waals surface area contributed by atoms with Gasteiger partial charge >= 0.3 is 0 Å². The van der Waals surface area contributed by atoms with Crippen LogP contribution in [0.15, 0.2) is 39.9 Å². The van der Waals surface area contributed by atoms with E-state index in [0.717, 1.165) is 23.0 Å². The van der Waals surface area contributed by atoms with Gasteiger partial charge in [0.05, 0.1) is 0 Å². The van der Waals surface area contributed by atoms with E-state index in [2.05, 4.69) is 27.8 Å². The molecule has 5 heteroatoms. The smallest absolute Gasteiger partial charge is 0.254 e. The molecule has 1 unspecified atom stereocenters. The van der Waals surface area contributed by atoms with Crippen LogP contribution >= 0.6 is 25.2 Å². The lowest BCUT2D eigenvalue weighted by atomic mass is 10.2. The number of benzene rings is 1. The molecule has 0 bridgehead atoms. The van der Waals surface area contributed by atoms with Crippen molar-refractivity contribution in [3.05, 3.63) is 46.1 Å². The summed E-state index contributed by atoms with van der Waals surface area (Å²) in [6, 6.07) is 6.21. The summed E-state index contributed by atoms with van der Waals surface area (Å²) in [6.07, 6.45) is 6.06. The minimum Gasteiger partial charge on any atom is -0.254 e. The molecule has 1 atom stereocenters. The molecule has 20 heavy (non-hydrogen) atoms. The van der Waals surface area contributed by atoms with E-state index in [1.165, 1.54) is 21.4 Å². The van der Waals surface area contributed by atoms with Crippen LogP contribution in [0.1, 0.15) is 37.8 Å². The molecule has 0 radical (unpaired) electrons. The minimum atomic E-state index is -2.80. The molecule has 1 aromatic carbocycles. The first-order valence-electron chi connectivity index (χ1n) is 6.39. The molecule has 0 aliphatic rings. The Balaban J connectivity index is 0.000000370. The fraction of sp³-hybridized carbons (Fsp3) is 0.400. The third-order valence-electron chi connectivity index (χ3n) is 2.31. The van der Waals surface area contributed by atoms with Crippen molar-refractivity contribution in [2.45, 2.75) is 39.3 Å². The van der Waals surface area contributed by atoms with Crippen molar-refractivity contribution in [1.29, 1.82) is 0 Å². The molecular weight excluding hydrogens is 343 g/mol. The summed E-state index contributed by atoms with van der Waals surface area (Å²) in [4.78, 5) is 4.09. The van der Waals surface area contributed by atoms with E-state index in [1.807, 2.05) is 26.1 Å². The van der Waals surface area contributed by atoms with E-state index in [4.69, 9.17) is 0 Å². The second kappa shape index (κ2) is 10.2. The lowest BCUT2D eigenvalue weighted by molar-refractivity contribution is 0.104. The third kappa shape index (κ3) is 9.33. The van der Waals surface area contributed by atoms with Gasteiger partial charge in [-0.2, -0.15) is 8.78 Å². The Morgan fingerprint density at radius 3 is 2.30 bits per heavy atom. The Bertz CT molecular complexity index is 436. The summed E-state index contributed by atoms with van der Waals surface area (Å²) in [5.74, 6) is 0. The van der Waals surface area contributed by atoms with Gasteiger partial charge in [0.2, 0.25) is 0 Å². The average molecular weight is 364 g/mol. The van der Waals surface area contributed by atoms with Crippen LogP contribution in [0.2, 0.25) is 0 Å². The van der Waals surface area contributed by atoms with E-state index in [9.17, 15) is 8.78 Å². The predicted octanol–water partition coefficient (Wildman–Crippen LogP) is 6.03. The monoisotopic (exact) mass is 363 g/mol. The molecule has 0 aromatic heterocycles. The van der Waals surface area contributed by atoms with E-state index in [0.29, 0.717) is 0 Å². The van der Waals surface area contributed by atoms with E-state index in [1.54, 1.807) is 12.1 Å². The first kappa shape index (κ1) is 19.4. The number of rotatable bonds is 4. The van der Waals surface area contributed by atoms with Crippen LogP contribution in [-0.2, 0) is 5.66 Å². The average Bonchev–Trinajstić information content (AvgIpc) is 2.39. The quantitative estimate of drug-likeness (QED) is 0.351. The first-order valence-corrected chi connectivity index (χ1v) is 7.76. The highest BCUT2D eigenvalue weighted by Gasteiger charge is 2.23. The summed E-state index contributed by atoms with van der Waals surface area (Å²) < 4.78 is 26.0. The first-order chi connectivity index (χ1) is 9.31. The molecule has 1 nitrogen and oxygen atoms in total. The zero-order chi connectivity index (χ0) is 15.6. The molecule has 0 saturated heterocycles. The van der Waals surface area contributed by atoms with E-state index in [-0.39, 0.29) is 5.56 Å². The molecule has 0 saturated carbocycles. The van der Waals surface area contributed by atoms with Crippen LogP contribution in [-0.4, -0.2) is 6.21 Å². The van der Waals surface area contributed by atoms with Gasteiger partial charge in [0.15, 0.2) is 0 Å². The molecule has 1 aromatic rings. The van der Waals surface area contributed by atoms with Gasteiger partial charge in [0, 0.05) is 11.8 Å². The molecule has 0 spiro atoms. The van der Waals surface area contributed by atoms with Gasteiger partial charge in [-0.1, -0.05) is 58.5 Å². The Kier molecular flexibility index (Phi) is 9.87. The lowest BCUT2D eigenvalue weighted by Gasteiger charge is -2.09. The van der Waals surface area contributed by atoms with Crippen molar-refractivity contribution in [1.82, 2.24) is 0 Å². The summed E-state index contributed by atoms with van der Waals surface area (Å²) in [6.45, 7) is 5.95. The third-order valence-corrected chi connectivity index (χ3v) is 3.30. The van der Waals surface area contributed by atoms with Gasteiger partial charge in [-0.15, -0.1) is 0 Å². The maximum absolute atomic E-state index is 12.5. The van der Waals surface area contributed by atoms with Gasteiger partial charge < -0.3 is 0 Å². The van der Waals surface area contributed by atoms with Gasteiger partial charge in [-0.05, 0) is 36.2 Å². The molecule has 0 heterocycles. The SMILES string of the molecule is C/C=C(Br)\N=C/CCC.Cc1ccc(C(F)(F)P)cc1. The standard InChI is InChI=1S/C8H9F2P.C7H12BrN/c1-6-2-4-7(5-3-6)8(9,10)11;1-3-5-6-9-7(8)4-2/h2-5H,11H2,1H3;4,6H,3,5H2,1-2H3/b;7-4-,9-6-. The number of halogens is 3. The van der Waals surface area contributed by atoms with Crippen molar-refractivity contribution in [3.63, 3.8) is 0 Å². The van der Waals surface area contributed by atoms with E-state index < -0.39 is 5.66 Å². The molecule has 0 aliphatic carbocycles. The summed E-state index contributed by atoms with van der Waals surface area (Å²) in [5.41, 5.74) is -1.77. The normalized spacial score (nSPS) is 12.2. The molecule has 0 fully saturated rings. The Hall–Kier alpha value is -0.600. The highest BCUT2D eigenvalue weighted by Crippen LogP contribution is 2.34. The topological polar surface area (TPSA) is 12.4 Å². The fourth-order valence-corrected chi connectivity index (χ4v) is 1.47. The van der Waals surface area contributed by atoms with Crippen LogP contribution in [0, 0.1) is 6.92 Å². The number of alkyl halides is 2. The maximum atomic E-state index is 12.5. The zero-order valence-electron chi connectivity index (χ0n) is 12.0. The van der Waals surface area contributed by atoms with Gasteiger partial charge in [0.25, 0.3) is 5.66 Å². The molecule has 0 amide bonds. The molecule has 0 aliphatic heterocycles. The van der Waals surface area contributed by atoms with Crippen LogP contribution in [0.5, 0.6) is 0 Å². The molecule has 0 N–H and O–H groups in total. The number of hydrogen-bond acceptors (Lipinski definition) is 1. The number of allylic oxidation sites excluding steroid dienone is 1. The van der Waals surface area contributed by atoms with Crippen molar-refractivity contribution in [2.24, 2.45) is 4.99 Å². The largest absolute Gasteiger partial charge is 0.283 e. The Labute approximate surface area is 130 Å². The number of aryl methyl sites for hydroxylation is 1. The summed E-state index contributed by atoms with van der Waals surface area (Å²) >= 11 is 3.27. The second-order valence-electron chi connectivity index (χ2n) is 4.20. The highest BCUT2D eigenvalue weighted by molar-refractivity contribution is 9.11. The van der Waals surface area contributed by atoms with Crippen molar-refractivity contribution < 1.29 is 8.78 Å². The van der Waals surface area contributed by atoms with Gasteiger partial charge in [-0.25, -0.2) is 0 Å². The number of hydrogen-bond donors (Lipinski definition) is 0. The zero-order valence-corrected chi connectivity index (χ0v) is 14.8. The Morgan fingerprint density at radius 2 is 1.90 bits per heavy atom. The van der Waals surface area contributed by atoms with Crippen LogP contribution in [0.3, 0.4) is 0 Å². The summed E-state index contributed by atoms with van der Waals surface area (Å²) in [7, 11) is 1.51. The predicted molar refractivity (Wildman–Crippen MR) is 90.9 cm³/mol. The van der Waals surface area contributed by atoms with Crippen LogP contribution < -0.4 is 0 Å².